The summed E-state index contributed by atoms with van der Waals surface area (Å²) in [6.07, 6.45) is 4.99. The van der Waals surface area contributed by atoms with Crippen LogP contribution < -0.4 is 9.64 Å². The van der Waals surface area contributed by atoms with Crippen LogP contribution in [0.5, 0.6) is 11.5 Å². The first kappa shape index (κ1) is 33.8. The van der Waals surface area contributed by atoms with Crippen molar-refractivity contribution in [1.29, 1.82) is 0 Å². The lowest BCUT2D eigenvalue weighted by molar-refractivity contribution is 0.436. The summed E-state index contributed by atoms with van der Waals surface area (Å²) in [5.74, 6) is 2.72. The number of hydrogen-bond acceptors (Lipinski definition) is 3. The molecule has 2 heterocycles. The highest BCUT2D eigenvalue weighted by atomic mass is 16.5. The third kappa shape index (κ3) is 4.50. The Hall–Kier alpha value is -7.10. The van der Waals surface area contributed by atoms with E-state index in [0.29, 0.717) is 0 Å². The van der Waals surface area contributed by atoms with E-state index in [-0.39, 0.29) is 5.41 Å². The number of fused-ring (bicyclic) bond motifs is 15. The zero-order chi connectivity index (χ0) is 39.6. The summed E-state index contributed by atoms with van der Waals surface area (Å²) >= 11 is 0. The molecule has 1 aromatic heterocycles. The van der Waals surface area contributed by atoms with Gasteiger partial charge in [-0.15, -0.1) is 0 Å². The van der Waals surface area contributed by atoms with Crippen LogP contribution in [0.3, 0.4) is 0 Å². The van der Waals surface area contributed by atoms with Gasteiger partial charge in [0.1, 0.15) is 22.8 Å². The van der Waals surface area contributed by atoms with Gasteiger partial charge in [-0.2, -0.15) is 0 Å². The molecule has 3 heteroatoms. The van der Waals surface area contributed by atoms with Gasteiger partial charge >= 0.3 is 0 Å². The predicted octanol–water partition coefficient (Wildman–Crippen LogP) is 15.2. The third-order valence-electron chi connectivity index (χ3n) is 14.1. The molecule has 0 bridgehead atoms. The number of nitrogens with zero attached hydrogens (tertiary/aromatic N) is 1. The van der Waals surface area contributed by atoms with Gasteiger partial charge in [0.25, 0.3) is 0 Å². The van der Waals surface area contributed by atoms with Crippen molar-refractivity contribution in [1.82, 2.24) is 0 Å². The van der Waals surface area contributed by atoms with E-state index in [0.717, 1.165) is 45.3 Å². The summed E-state index contributed by atoms with van der Waals surface area (Å²) in [5, 5.41) is 1.10. The minimum atomic E-state index is -0.521. The Labute approximate surface area is 350 Å². The van der Waals surface area contributed by atoms with Crippen LogP contribution in [0, 0.1) is 6.92 Å². The monoisotopic (exact) mass is 771 g/mol. The molecule has 13 rings (SSSR count). The summed E-state index contributed by atoms with van der Waals surface area (Å²) in [4.78, 5) is 2.44. The molecule has 0 atom stereocenters. The summed E-state index contributed by atoms with van der Waals surface area (Å²) in [5.41, 5.74) is 19.4. The molecule has 3 aliphatic carbocycles. The molecule has 1 saturated carbocycles. The highest BCUT2D eigenvalue weighted by molar-refractivity contribution is 5.98. The number of furan rings is 1. The fourth-order valence-corrected chi connectivity index (χ4v) is 11.8. The molecule has 1 aliphatic heterocycles. The number of anilines is 3. The third-order valence-corrected chi connectivity index (χ3v) is 14.1. The van der Waals surface area contributed by atoms with E-state index in [1.54, 1.807) is 0 Å². The first-order valence-corrected chi connectivity index (χ1v) is 21.4. The second kappa shape index (κ2) is 12.5. The van der Waals surface area contributed by atoms with Crippen molar-refractivity contribution >= 4 is 28.0 Å². The average molecular weight is 772 g/mol. The maximum Gasteiger partial charge on any atom is 0.134 e. The summed E-state index contributed by atoms with van der Waals surface area (Å²) in [6, 6.07) is 67.4. The number of para-hydroxylation sites is 2. The second-order valence-corrected chi connectivity index (χ2v) is 17.1. The fourth-order valence-electron chi connectivity index (χ4n) is 11.8. The van der Waals surface area contributed by atoms with E-state index in [2.05, 4.69) is 187 Å². The Morgan fingerprint density at radius 1 is 0.450 bits per heavy atom. The van der Waals surface area contributed by atoms with Gasteiger partial charge in [0, 0.05) is 39.0 Å². The number of hydrogen-bond donors (Lipinski definition) is 0. The van der Waals surface area contributed by atoms with E-state index in [1.165, 1.54) is 92.4 Å². The fraction of sp³-hybridized carbons (Fsp3) is 0.123. The first-order chi connectivity index (χ1) is 29.6. The lowest BCUT2D eigenvalue weighted by atomic mass is 9.66. The van der Waals surface area contributed by atoms with Gasteiger partial charge in [-0.3, -0.25) is 0 Å². The van der Waals surface area contributed by atoms with Gasteiger partial charge in [0.05, 0.1) is 5.41 Å². The molecular weight excluding hydrogens is 731 g/mol. The zero-order valence-corrected chi connectivity index (χ0v) is 33.4. The van der Waals surface area contributed by atoms with Crippen molar-refractivity contribution in [3.05, 3.63) is 221 Å². The quantitative estimate of drug-likeness (QED) is 0.178. The van der Waals surface area contributed by atoms with Crippen LogP contribution in [0.1, 0.15) is 64.8 Å². The largest absolute Gasteiger partial charge is 0.461 e. The van der Waals surface area contributed by atoms with Crippen LogP contribution in [0.15, 0.2) is 186 Å². The van der Waals surface area contributed by atoms with Crippen LogP contribution in [-0.4, -0.2) is 0 Å². The number of aryl methyl sites for hydroxylation is 1. The minimum absolute atomic E-state index is 0.120. The number of ether oxygens (including phenoxy) is 1. The summed E-state index contributed by atoms with van der Waals surface area (Å²) in [7, 11) is 0. The Morgan fingerprint density at radius 3 is 1.85 bits per heavy atom. The van der Waals surface area contributed by atoms with E-state index in [9.17, 15) is 0 Å². The summed E-state index contributed by atoms with van der Waals surface area (Å²) in [6.45, 7) is 2.02. The van der Waals surface area contributed by atoms with Crippen molar-refractivity contribution in [2.75, 3.05) is 4.90 Å². The molecular formula is C57H41NO2. The van der Waals surface area contributed by atoms with Gasteiger partial charge in [0.15, 0.2) is 0 Å². The van der Waals surface area contributed by atoms with Crippen molar-refractivity contribution in [3.8, 4) is 44.9 Å². The molecule has 3 nitrogen and oxygen atoms in total. The lowest BCUT2D eigenvalue weighted by Gasteiger charge is -2.39. The van der Waals surface area contributed by atoms with Gasteiger partial charge in [-0.1, -0.05) is 134 Å². The normalized spacial score (nSPS) is 15.6. The van der Waals surface area contributed by atoms with E-state index < -0.39 is 5.41 Å². The Kier molecular flexibility index (Phi) is 7.02. The van der Waals surface area contributed by atoms with Gasteiger partial charge < -0.3 is 14.1 Å². The van der Waals surface area contributed by atoms with Crippen molar-refractivity contribution < 1.29 is 9.15 Å². The topological polar surface area (TPSA) is 25.6 Å². The van der Waals surface area contributed by atoms with Gasteiger partial charge in [-0.25, -0.2) is 0 Å². The molecule has 1 fully saturated rings. The van der Waals surface area contributed by atoms with Crippen LogP contribution in [-0.2, 0) is 10.8 Å². The molecule has 2 spiro atoms. The first-order valence-electron chi connectivity index (χ1n) is 21.4. The Balaban J connectivity index is 1.02. The van der Waals surface area contributed by atoms with Crippen LogP contribution in [0.2, 0.25) is 0 Å². The highest BCUT2D eigenvalue weighted by Gasteiger charge is 2.51. The van der Waals surface area contributed by atoms with Gasteiger partial charge in [0.2, 0.25) is 0 Å². The van der Waals surface area contributed by atoms with E-state index in [1.807, 2.05) is 6.92 Å². The highest BCUT2D eigenvalue weighted by Crippen LogP contribution is 2.63. The van der Waals surface area contributed by atoms with Crippen molar-refractivity contribution in [2.45, 2.75) is 43.4 Å². The second-order valence-electron chi connectivity index (χ2n) is 17.1. The maximum atomic E-state index is 6.63. The van der Waals surface area contributed by atoms with E-state index >= 15 is 0 Å². The zero-order valence-electron chi connectivity index (χ0n) is 33.4. The van der Waals surface area contributed by atoms with Crippen LogP contribution in [0.25, 0.3) is 44.3 Å². The van der Waals surface area contributed by atoms with Crippen LogP contribution >= 0.6 is 0 Å². The van der Waals surface area contributed by atoms with Crippen molar-refractivity contribution in [2.24, 2.45) is 0 Å². The van der Waals surface area contributed by atoms with Crippen molar-refractivity contribution in [3.63, 3.8) is 0 Å². The molecule has 0 unspecified atom stereocenters. The molecule has 0 saturated heterocycles. The Bertz CT molecular complexity index is 3190. The smallest absolute Gasteiger partial charge is 0.134 e. The molecule has 4 aliphatic rings. The van der Waals surface area contributed by atoms with Gasteiger partial charge in [-0.05, 0) is 136 Å². The molecule has 286 valence electrons. The average Bonchev–Trinajstić information content (AvgIpc) is 4.07. The molecule has 0 radical (unpaired) electrons. The summed E-state index contributed by atoms with van der Waals surface area (Å²) < 4.78 is 12.7. The molecule has 0 N–H and O–H groups in total. The molecule has 9 aromatic rings. The molecule has 0 amide bonds. The molecule has 8 aromatic carbocycles. The predicted molar refractivity (Wildman–Crippen MR) is 243 cm³/mol. The maximum absolute atomic E-state index is 6.63. The number of rotatable bonds is 4. The van der Waals surface area contributed by atoms with Crippen LogP contribution in [0.4, 0.5) is 17.1 Å². The molecule has 60 heavy (non-hydrogen) atoms. The Morgan fingerprint density at radius 2 is 1.05 bits per heavy atom. The standard InChI is InChI=1S/C57H41NO2/c1-36-32-38-34-40(27-29-52(38)59-36)58(41-26-28-47-45(35-41)43-16-2-4-19-46(43)56(47)30-10-11-31-56)39-15-12-14-37(33-39)42-18-13-23-51-55(42)44-17-3-5-20-48(44)57(51)49-21-6-8-24-53(49)60-54-25-9-7-22-50(54)57/h2-9,12-29,32-35H,10-11,30-31H2,1H3. The number of benzene rings is 8. The minimum Gasteiger partial charge on any atom is -0.461 e. The SMILES string of the molecule is Cc1cc2cc(N(c3cccc(-c4cccc5c4-c4ccccc4C54c5ccccc5Oc5ccccc54)c3)c3ccc4c(c3)-c3ccccc3C43CCCC3)ccc2o1. The van der Waals surface area contributed by atoms with E-state index in [4.69, 9.17) is 9.15 Å². The lowest BCUT2D eigenvalue weighted by Crippen LogP contribution is -2.32.